The van der Waals surface area contributed by atoms with Crippen LogP contribution in [-0.2, 0) is 15.0 Å². The standard InChI is InChI=1S/C17H21N3O3/c1-12-10-14(19-23-12)18-15(21)11-20(4)16(22)17(2,3)13-8-6-5-7-9-13/h5-10H,11H2,1-4H3,(H,18,19,21). The number of nitrogens with zero attached hydrogens (tertiary/aromatic N) is 2. The van der Waals surface area contributed by atoms with Gasteiger partial charge in [0.25, 0.3) is 0 Å². The molecule has 1 aromatic carbocycles. The van der Waals surface area contributed by atoms with Crippen LogP contribution in [0.25, 0.3) is 0 Å². The van der Waals surface area contributed by atoms with Crippen LogP contribution < -0.4 is 5.32 Å². The van der Waals surface area contributed by atoms with Crippen molar-refractivity contribution >= 4 is 17.6 Å². The Hall–Kier alpha value is -2.63. The Labute approximate surface area is 135 Å². The van der Waals surface area contributed by atoms with Gasteiger partial charge < -0.3 is 14.7 Å². The Kier molecular flexibility index (Phi) is 4.83. The quantitative estimate of drug-likeness (QED) is 0.919. The average molecular weight is 315 g/mol. The molecule has 1 aromatic heterocycles. The Morgan fingerprint density at radius 3 is 2.48 bits per heavy atom. The normalized spacial score (nSPS) is 11.1. The summed E-state index contributed by atoms with van der Waals surface area (Å²) >= 11 is 0. The minimum absolute atomic E-state index is 0.0546. The van der Waals surface area contributed by atoms with Crippen molar-refractivity contribution in [1.82, 2.24) is 10.1 Å². The molecule has 0 bridgehead atoms. The van der Waals surface area contributed by atoms with Crippen molar-refractivity contribution in [3.8, 4) is 0 Å². The molecule has 2 rings (SSSR count). The lowest BCUT2D eigenvalue weighted by Gasteiger charge is -2.29. The number of amides is 2. The molecule has 2 aromatic rings. The predicted molar refractivity (Wildman–Crippen MR) is 87.0 cm³/mol. The highest BCUT2D eigenvalue weighted by Crippen LogP contribution is 2.25. The van der Waals surface area contributed by atoms with E-state index < -0.39 is 5.41 Å². The van der Waals surface area contributed by atoms with E-state index in [0.717, 1.165) is 5.56 Å². The minimum atomic E-state index is -0.708. The molecule has 1 heterocycles. The van der Waals surface area contributed by atoms with Gasteiger partial charge in [0.05, 0.1) is 12.0 Å². The smallest absolute Gasteiger partial charge is 0.245 e. The molecule has 122 valence electrons. The second-order valence-electron chi connectivity index (χ2n) is 6.02. The number of aromatic nitrogens is 1. The fourth-order valence-corrected chi connectivity index (χ4v) is 2.35. The number of hydrogen-bond acceptors (Lipinski definition) is 4. The number of nitrogens with one attached hydrogen (secondary N) is 1. The Bertz CT molecular complexity index is 692. The van der Waals surface area contributed by atoms with Crippen LogP contribution in [0.3, 0.4) is 0 Å². The molecular weight excluding hydrogens is 294 g/mol. The van der Waals surface area contributed by atoms with Crippen molar-refractivity contribution in [2.75, 3.05) is 18.9 Å². The lowest BCUT2D eigenvalue weighted by atomic mass is 9.83. The van der Waals surface area contributed by atoms with E-state index in [-0.39, 0.29) is 18.4 Å². The van der Waals surface area contributed by atoms with Gasteiger partial charge in [-0.15, -0.1) is 0 Å². The highest BCUT2D eigenvalue weighted by molar-refractivity contribution is 5.95. The molecule has 0 spiro atoms. The van der Waals surface area contributed by atoms with Gasteiger partial charge in [0.1, 0.15) is 5.76 Å². The number of benzene rings is 1. The van der Waals surface area contributed by atoms with Crippen LogP contribution in [0.5, 0.6) is 0 Å². The number of carbonyl (C=O) groups excluding carboxylic acids is 2. The summed E-state index contributed by atoms with van der Waals surface area (Å²) in [5.41, 5.74) is 0.199. The molecule has 0 atom stereocenters. The van der Waals surface area contributed by atoms with Crippen LogP contribution in [0, 0.1) is 6.92 Å². The van der Waals surface area contributed by atoms with E-state index in [1.807, 2.05) is 44.2 Å². The number of hydrogen-bond donors (Lipinski definition) is 1. The minimum Gasteiger partial charge on any atom is -0.360 e. The van der Waals surface area contributed by atoms with Crippen molar-refractivity contribution in [3.63, 3.8) is 0 Å². The van der Waals surface area contributed by atoms with E-state index in [1.54, 1.807) is 20.0 Å². The summed E-state index contributed by atoms with van der Waals surface area (Å²) in [7, 11) is 1.61. The molecule has 2 amide bonds. The summed E-state index contributed by atoms with van der Waals surface area (Å²) < 4.78 is 4.88. The lowest BCUT2D eigenvalue weighted by molar-refractivity contribution is -0.137. The maximum Gasteiger partial charge on any atom is 0.245 e. The first-order chi connectivity index (χ1) is 10.8. The van der Waals surface area contributed by atoms with E-state index >= 15 is 0 Å². The van der Waals surface area contributed by atoms with Crippen molar-refractivity contribution < 1.29 is 14.1 Å². The Balaban J connectivity index is 2.00. The van der Waals surface area contributed by atoms with Gasteiger partial charge in [0.15, 0.2) is 5.82 Å². The zero-order valence-corrected chi connectivity index (χ0v) is 13.8. The highest BCUT2D eigenvalue weighted by Gasteiger charge is 2.32. The van der Waals surface area contributed by atoms with Crippen molar-refractivity contribution in [1.29, 1.82) is 0 Å². The summed E-state index contributed by atoms with van der Waals surface area (Å²) in [6.07, 6.45) is 0. The topological polar surface area (TPSA) is 75.4 Å². The number of carbonyl (C=O) groups is 2. The first kappa shape index (κ1) is 16.7. The first-order valence-corrected chi connectivity index (χ1v) is 7.35. The first-order valence-electron chi connectivity index (χ1n) is 7.35. The molecule has 0 fully saturated rings. The molecule has 0 saturated heterocycles. The van der Waals surface area contributed by atoms with Crippen LogP contribution in [0.15, 0.2) is 40.9 Å². The van der Waals surface area contributed by atoms with Crippen molar-refractivity contribution in [2.45, 2.75) is 26.2 Å². The molecule has 0 aliphatic rings. The largest absolute Gasteiger partial charge is 0.360 e. The Morgan fingerprint density at radius 2 is 1.91 bits per heavy atom. The maximum atomic E-state index is 12.7. The van der Waals surface area contributed by atoms with Crippen LogP contribution in [0.4, 0.5) is 5.82 Å². The summed E-state index contributed by atoms with van der Waals surface area (Å²) in [5, 5.41) is 6.30. The molecule has 6 heteroatoms. The maximum absolute atomic E-state index is 12.7. The summed E-state index contributed by atoms with van der Waals surface area (Å²) in [5.74, 6) is 0.499. The van der Waals surface area contributed by atoms with E-state index in [9.17, 15) is 9.59 Å². The van der Waals surface area contributed by atoms with Gasteiger partial charge in [-0.1, -0.05) is 35.5 Å². The molecule has 23 heavy (non-hydrogen) atoms. The van der Waals surface area contributed by atoms with Crippen LogP contribution in [0.2, 0.25) is 0 Å². The SMILES string of the molecule is Cc1cc(NC(=O)CN(C)C(=O)C(C)(C)c2ccccc2)no1. The van der Waals surface area contributed by atoms with Gasteiger partial charge in [-0.05, 0) is 26.3 Å². The van der Waals surface area contributed by atoms with Crippen LogP contribution >= 0.6 is 0 Å². The zero-order valence-electron chi connectivity index (χ0n) is 13.8. The van der Waals surface area contributed by atoms with E-state index in [0.29, 0.717) is 11.6 Å². The van der Waals surface area contributed by atoms with Gasteiger partial charge in [-0.2, -0.15) is 0 Å². The number of aryl methyl sites for hydroxylation is 1. The number of rotatable bonds is 5. The van der Waals surface area contributed by atoms with Gasteiger partial charge in [0, 0.05) is 13.1 Å². The second-order valence-corrected chi connectivity index (χ2v) is 6.02. The third-order valence-electron chi connectivity index (χ3n) is 3.65. The molecule has 1 N–H and O–H groups in total. The molecule has 6 nitrogen and oxygen atoms in total. The molecule has 0 saturated carbocycles. The van der Waals surface area contributed by atoms with Gasteiger partial charge >= 0.3 is 0 Å². The monoisotopic (exact) mass is 315 g/mol. The number of likely N-dealkylation sites (N-methyl/N-ethyl adjacent to an activating group) is 1. The molecule has 0 unspecified atom stereocenters. The predicted octanol–water partition coefficient (Wildman–Crippen LogP) is 2.36. The van der Waals surface area contributed by atoms with Crippen LogP contribution in [-0.4, -0.2) is 35.5 Å². The third kappa shape index (κ3) is 3.97. The van der Waals surface area contributed by atoms with Gasteiger partial charge in [0.2, 0.25) is 11.8 Å². The molecule has 0 aliphatic carbocycles. The molecular formula is C17H21N3O3. The van der Waals surface area contributed by atoms with E-state index in [1.165, 1.54) is 4.90 Å². The third-order valence-corrected chi connectivity index (χ3v) is 3.65. The van der Waals surface area contributed by atoms with E-state index in [4.69, 9.17) is 4.52 Å². The summed E-state index contributed by atoms with van der Waals surface area (Å²) in [6.45, 7) is 5.38. The number of anilines is 1. The van der Waals surface area contributed by atoms with Crippen molar-refractivity contribution in [3.05, 3.63) is 47.7 Å². The van der Waals surface area contributed by atoms with Gasteiger partial charge in [-0.25, -0.2) is 0 Å². The summed E-state index contributed by atoms with van der Waals surface area (Å²) in [6, 6.07) is 11.1. The summed E-state index contributed by atoms with van der Waals surface area (Å²) in [4.78, 5) is 26.1. The van der Waals surface area contributed by atoms with Crippen LogP contribution in [0.1, 0.15) is 25.2 Å². The van der Waals surface area contributed by atoms with Gasteiger partial charge in [-0.3, -0.25) is 9.59 Å². The fraction of sp³-hybridized carbons (Fsp3) is 0.353. The average Bonchev–Trinajstić information content (AvgIpc) is 2.92. The fourth-order valence-electron chi connectivity index (χ4n) is 2.35. The van der Waals surface area contributed by atoms with Crippen molar-refractivity contribution in [2.24, 2.45) is 0 Å². The molecule has 0 radical (unpaired) electrons. The molecule has 0 aliphatic heterocycles. The second kappa shape index (κ2) is 6.64. The lowest BCUT2D eigenvalue weighted by Crippen LogP contribution is -2.44. The highest BCUT2D eigenvalue weighted by atomic mass is 16.5. The Morgan fingerprint density at radius 1 is 1.26 bits per heavy atom. The van der Waals surface area contributed by atoms with E-state index in [2.05, 4.69) is 10.5 Å². The zero-order chi connectivity index (χ0) is 17.0.